The molecule has 0 saturated heterocycles. The maximum absolute atomic E-state index is 12.5. The lowest BCUT2D eigenvalue weighted by atomic mass is 10.2. The number of carbonyl (C=O) groups is 1. The molecule has 0 amide bonds. The molecule has 0 saturated carbocycles. The van der Waals surface area contributed by atoms with Gasteiger partial charge in [-0.15, -0.1) is 15.3 Å². The van der Waals surface area contributed by atoms with Crippen LogP contribution in [-0.4, -0.2) is 61.4 Å². The van der Waals surface area contributed by atoms with Gasteiger partial charge in [0.1, 0.15) is 18.1 Å². The van der Waals surface area contributed by atoms with Crippen LogP contribution in [0.25, 0.3) is 17.0 Å². The van der Waals surface area contributed by atoms with Crippen LogP contribution in [0.3, 0.4) is 0 Å². The smallest absolute Gasteiger partial charge is 0.240 e. The minimum absolute atomic E-state index is 0.0118. The first-order chi connectivity index (χ1) is 16.8. The molecule has 2 heterocycles. The number of Topliss-reactive ketones (excluding diaryl/α,β-unsaturated/α-hetero) is 1. The number of hydrogen-bond acceptors (Lipinski definition) is 9. The minimum Gasteiger partial charge on any atom is -0.497 e. The molecule has 11 nitrogen and oxygen atoms in total. The van der Waals surface area contributed by atoms with Crippen LogP contribution < -0.4 is 18.9 Å². The van der Waals surface area contributed by atoms with Crippen molar-refractivity contribution in [3.05, 3.63) is 60.2 Å². The quantitative estimate of drug-likeness (QED) is 0.259. The standard InChI is InChI=1S/C23H23N5O6S/c1-15(29)16-4-7-18(8-5-16)35(30,31)24-12-13-34-22-11-10-21-25-26-23(28(21)27-22)19-9-6-17(32-2)14-20(19)33-3/h4-11,14,24H,12-13H2,1-3H3. The van der Waals surface area contributed by atoms with Crippen LogP contribution in [0, 0.1) is 0 Å². The molecule has 0 aliphatic rings. The first-order valence-corrected chi connectivity index (χ1v) is 12.0. The summed E-state index contributed by atoms with van der Waals surface area (Å²) >= 11 is 0. The number of aromatic nitrogens is 4. The molecule has 12 heteroatoms. The van der Waals surface area contributed by atoms with E-state index in [9.17, 15) is 13.2 Å². The van der Waals surface area contributed by atoms with Gasteiger partial charge < -0.3 is 14.2 Å². The Morgan fingerprint density at radius 2 is 1.77 bits per heavy atom. The average molecular weight is 498 g/mol. The van der Waals surface area contributed by atoms with E-state index in [1.807, 2.05) is 0 Å². The summed E-state index contributed by atoms with van der Waals surface area (Å²) in [4.78, 5) is 11.4. The highest BCUT2D eigenvalue weighted by Gasteiger charge is 2.17. The van der Waals surface area contributed by atoms with Crippen LogP contribution in [0.15, 0.2) is 59.5 Å². The molecule has 0 fully saturated rings. The minimum atomic E-state index is -3.75. The molecular weight excluding hydrogens is 474 g/mol. The SMILES string of the molecule is COc1ccc(-c2nnc3ccc(OCCNS(=O)(=O)c4ccc(C(C)=O)cc4)nn23)c(OC)c1. The molecule has 0 unspecified atom stereocenters. The monoisotopic (exact) mass is 497 g/mol. The van der Waals surface area contributed by atoms with Gasteiger partial charge in [-0.3, -0.25) is 4.79 Å². The van der Waals surface area contributed by atoms with Gasteiger partial charge in [-0.1, -0.05) is 12.1 Å². The summed E-state index contributed by atoms with van der Waals surface area (Å²) in [7, 11) is -0.640. The number of benzene rings is 2. The number of ether oxygens (including phenoxy) is 3. The van der Waals surface area contributed by atoms with Gasteiger partial charge in [0.25, 0.3) is 0 Å². The highest BCUT2D eigenvalue weighted by Crippen LogP contribution is 2.32. The average Bonchev–Trinajstić information content (AvgIpc) is 3.29. The second kappa shape index (κ2) is 10.1. The van der Waals surface area contributed by atoms with Crippen LogP contribution >= 0.6 is 0 Å². The van der Waals surface area contributed by atoms with E-state index in [4.69, 9.17) is 14.2 Å². The predicted octanol–water partition coefficient (Wildman–Crippen LogP) is 2.37. The fourth-order valence-electron chi connectivity index (χ4n) is 3.28. The molecule has 4 aromatic rings. The predicted molar refractivity (Wildman–Crippen MR) is 126 cm³/mol. The van der Waals surface area contributed by atoms with E-state index in [0.717, 1.165) is 0 Å². The Balaban J connectivity index is 1.45. The first kappa shape index (κ1) is 24.1. The van der Waals surface area contributed by atoms with Gasteiger partial charge in [0.15, 0.2) is 17.3 Å². The van der Waals surface area contributed by atoms with Gasteiger partial charge in [-0.05, 0) is 37.3 Å². The van der Waals surface area contributed by atoms with E-state index < -0.39 is 10.0 Å². The highest BCUT2D eigenvalue weighted by atomic mass is 32.2. The van der Waals surface area contributed by atoms with Crippen molar-refractivity contribution in [2.75, 3.05) is 27.4 Å². The lowest BCUT2D eigenvalue weighted by Gasteiger charge is -2.10. The highest BCUT2D eigenvalue weighted by molar-refractivity contribution is 7.89. The van der Waals surface area contributed by atoms with E-state index in [-0.39, 0.29) is 29.7 Å². The maximum atomic E-state index is 12.5. The first-order valence-electron chi connectivity index (χ1n) is 10.5. The number of ketones is 1. The lowest BCUT2D eigenvalue weighted by molar-refractivity contribution is 0.101. The topological polar surface area (TPSA) is 134 Å². The Morgan fingerprint density at radius 3 is 2.46 bits per heavy atom. The number of fused-ring (bicyclic) bond motifs is 1. The summed E-state index contributed by atoms with van der Waals surface area (Å²) in [5, 5.41) is 12.8. The Kier molecular flexibility index (Phi) is 6.94. The van der Waals surface area contributed by atoms with Crippen molar-refractivity contribution in [1.82, 2.24) is 24.5 Å². The molecule has 35 heavy (non-hydrogen) atoms. The Morgan fingerprint density at radius 1 is 1.00 bits per heavy atom. The van der Waals surface area contributed by atoms with Crippen LogP contribution in [0.4, 0.5) is 0 Å². The number of nitrogens with zero attached hydrogens (tertiary/aromatic N) is 4. The number of carbonyl (C=O) groups excluding carboxylic acids is 1. The van der Waals surface area contributed by atoms with Gasteiger partial charge in [-0.25, -0.2) is 13.1 Å². The molecule has 0 atom stereocenters. The number of methoxy groups -OCH3 is 2. The van der Waals surface area contributed by atoms with Crippen molar-refractivity contribution < 1.29 is 27.4 Å². The molecule has 0 aliphatic carbocycles. The molecular formula is C23H23N5O6S. The number of hydrogen-bond donors (Lipinski definition) is 1. The van der Waals surface area contributed by atoms with E-state index in [0.29, 0.717) is 34.1 Å². The molecule has 0 radical (unpaired) electrons. The second-order valence-corrected chi connectivity index (χ2v) is 9.13. The van der Waals surface area contributed by atoms with Crippen LogP contribution in [0.1, 0.15) is 17.3 Å². The molecule has 0 aliphatic heterocycles. The molecule has 182 valence electrons. The summed E-state index contributed by atoms with van der Waals surface area (Å²) in [5.41, 5.74) is 1.60. The number of nitrogens with one attached hydrogen (secondary N) is 1. The molecule has 0 bridgehead atoms. The lowest BCUT2D eigenvalue weighted by Crippen LogP contribution is -2.28. The number of rotatable bonds is 10. The largest absolute Gasteiger partial charge is 0.497 e. The Labute approximate surface area is 201 Å². The summed E-state index contributed by atoms with van der Waals surface area (Å²) < 4.78 is 45.2. The van der Waals surface area contributed by atoms with Crippen LogP contribution in [-0.2, 0) is 10.0 Å². The zero-order chi connectivity index (χ0) is 25.0. The molecule has 1 N–H and O–H groups in total. The zero-order valence-electron chi connectivity index (χ0n) is 19.3. The van der Waals surface area contributed by atoms with Crippen molar-refractivity contribution in [2.24, 2.45) is 0 Å². The molecule has 4 rings (SSSR count). The van der Waals surface area contributed by atoms with Crippen LogP contribution in [0.5, 0.6) is 17.4 Å². The van der Waals surface area contributed by atoms with Crippen molar-refractivity contribution in [3.63, 3.8) is 0 Å². The van der Waals surface area contributed by atoms with E-state index in [1.165, 1.54) is 35.7 Å². The van der Waals surface area contributed by atoms with Gasteiger partial charge in [0, 0.05) is 24.2 Å². The molecule has 2 aromatic carbocycles. The summed E-state index contributed by atoms with van der Waals surface area (Å²) in [6, 6.07) is 14.3. The van der Waals surface area contributed by atoms with Crippen molar-refractivity contribution in [1.29, 1.82) is 0 Å². The summed E-state index contributed by atoms with van der Waals surface area (Å²) in [6.07, 6.45) is 0. The second-order valence-electron chi connectivity index (χ2n) is 7.36. The third-order valence-corrected chi connectivity index (χ3v) is 6.58. The Bertz CT molecular complexity index is 1470. The van der Waals surface area contributed by atoms with Gasteiger partial charge in [-0.2, -0.15) is 4.52 Å². The Hall–Kier alpha value is -4.03. The zero-order valence-corrected chi connectivity index (χ0v) is 20.1. The van der Waals surface area contributed by atoms with Gasteiger partial charge in [0.05, 0.1) is 24.7 Å². The van der Waals surface area contributed by atoms with Crippen molar-refractivity contribution in [3.8, 4) is 28.8 Å². The third kappa shape index (κ3) is 5.23. The van der Waals surface area contributed by atoms with E-state index in [1.54, 1.807) is 44.6 Å². The third-order valence-electron chi connectivity index (χ3n) is 5.10. The van der Waals surface area contributed by atoms with E-state index >= 15 is 0 Å². The van der Waals surface area contributed by atoms with Crippen molar-refractivity contribution in [2.45, 2.75) is 11.8 Å². The summed E-state index contributed by atoms with van der Waals surface area (Å²) in [6.45, 7) is 1.46. The van der Waals surface area contributed by atoms with Gasteiger partial charge >= 0.3 is 0 Å². The maximum Gasteiger partial charge on any atom is 0.240 e. The van der Waals surface area contributed by atoms with Crippen molar-refractivity contribution >= 4 is 21.5 Å². The van der Waals surface area contributed by atoms with Gasteiger partial charge in [0.2, 0.25) is 15.9 Å². The fraction of sp³-hybridized carbons (Fsp3) is 0.217. The molecule has 2 aromatic heterocycles. The molecule has 0 spiro atoms. The fourth-order valence-corrected chi connectivity index (χ4v) is 4.30. The normalized spacial score (nSPS) is 11.4. The van der Waals surface area contributed by atoms with E-state index in [2.05, 4.69) is 20.0 Å². The summed E-state index contributed by atoms with van der Waals surface area (Å²) in [5.74, 6) is 1.74. The number of sulfonamides is 1. The van der Waals surface area contributed by atoms with Crippen LogP contribution in [0.2, 0.25) is 0 Å².